The normalized spacial score (nSPS) is 56.2. The molecule has 0 spiro atoms. The molecule has 0 aliphatic heterocycles. The Morgan fingerprint density at radius 3 is 2.62 bits per heavy atom. The van der Waals surface area contributed by atoms with Crippen molar-refractivity contribution in [3.05, 3.63) is 11.6 Å². The first-order valence-electron chi connectivity index (χ1n) is 9.01. The Morgan fingerprint density at radius 1 is 1.00 bits per heavy atom. The van der Waals surface area contributed by atoms with Crippen molar-refractivity contribution in [3.63, 3.8) is 0 Å². The minimum atomic E-state index is -0.108. The Kier molecular flexibility index (Phi) is 3.11. The number of allylic oxidation sites excluding steroid dienone is 1. The first-order chi connectivity index (χ1) is 9.95. The van der Waals surface area contributed by atoms with Crippen LogP contribution < -0.4 is 0 Å². The van der Waals surface area contributed by atoms with Crippen molar-refractivity contribution >= 4 is 0 Å². The highest BCUT2D eigenvalue weighted by molar-refractivity contribution is 5.25. The summed E-state index contributed by atoms with van der Waals surface area (Å²) < 4.78 is 0. The monoisotopic (exact) mass is 290 g/mol. The van der Waals surface area contributed by atoms with Crippen LogP contribution in [0.5, 0.6) is 0 Å². The molecule has 0 amide bonds. The van der Waals surface area contributed by atoms with Crippen LogP contribution in [0.2, 0.25) is 0 Å². The largest absolute Gasteiger partial charge is 0.393 e. The molecule has 0 radical (unpaired) electrons. The van der Waals surface area contributed by atoms with Crippen LogP contribution in [0.1, 0.15) is 65.2 Å². The number of fused-ring (bicyclic) bond motifs is 5. The van der Waals surface area contributed by atoms with Gasteiger partial charge in [0, 0.05) is 0 Å². The van der Waals surface area contributed by atoms with E-state index in [1.54, 1.807) is 5.57 Å². The highest BCUT2D eigenvalue weighted by Gasteiger charge is 2.58. The fraction of sp³-hybridized carbons (Fsp3) is 0.895. The summed E-state index contributed by atoms with van der Waals surface area (Å²) in [7, 11) is 0. The number of aliphatic hydroxyl groups excluding tert-OH is 2. The quantitative estimate of drug-likeness (QED) is 0.668. The molecule has 2 nitrogen and oxygen atoms in total. The fourth-order valence-electron chi connectivity index (χ4n) is 6.61. The summed E-state index contributed by atoms with van der Waals surface area (Å²) in [6.07, 6.45) is 11.2. The van der Waals surface area contributed by atoms with Crippen molar-refractivity contribution in [2.24, 2.45) is 28.6 Å². The van der Waals surface area contributed by atoms with E-state index in [-0.39, 0.29) is 17.6 Å². The Morgan fingerprint density at radius 2 is 1.81 bits per heavy atom. The lowest BCUT2D eigenvalue weighted by Crippen LogP contribution is -2.51. The van der Waals surface area contributed by atoms with Gasteiger partial charge in [0.25, 0.3) is 0 Å². The van der Waals surface area contributed by atoms with E-state index < -0.39 is 0 Å². The fourth-order valence-corrected chi connectivity index (χ4v) is 6.61. The summed E-state index contributed by atoms with van der Waals surface area (Å²) in [6, 6.07) is 0. The molecule has 4 unspecified atom stereocenters. The van der Waals surface area contributed by atoms with E-state index in [0.717, 1.165) is 37.5 Å². The molecule has 0 aromatic heterocycles. The lowest BCUT2D eigenvalue weighted by molar-refractivity contribution is -0.0711. The van der Waals surface area contributed by atoms with Gasteiger partial charge in [-0.15, -0.1) is 0 Å². The SMILES string of the molecule is CC12CC[C@H](O)CC1=CCC1C2CC[C@@]2(C)C1CC[C@@H]2O. The summed E-state index contributed by atoms with van der Waals surface area (Å²) in [5.74, 6) is 2.27. The van der Waals surface area contributed by atoms with Crippen molar-refractivity contribution in [1.29, 1.82) is 0 Å². The Balaban J connectivity index is 1.68. The third-order valence-electron chi connectivity index (χ3n) is 8.03. The van der Waals surface area contributed by atoms with Gasteiger partial charge in [-0.3, -0.25) is 0 Å². The maximum absolute atomic E-state index is 10.5. The zero-order valence-corrected chi connectivity index (χ0v) is 13.5. The van der Waals surface area contributed by atoms with E-state index in [0.29, 0.717) is 11.3 Å². The Bertz CT molecular complexity index is 470. The summed E-state index contributed by atoms with van der Waals surface area (Å²) in [5, 5.41) is 20.5. The predicted molar refractivity (Wildman–Crippen MR) is 83.7 cm³/mol. The van der Waals surface area contributed by atoms with E-state index >= 15 is 0 Å². The third kappa shape index (κ3) is 1.84. The van der Waals surface area contributed by atoms with Gasteiger partial charge in [0.1, 0.15) is 0 Å². The van der Waals surface area contributed by atoms with Gasteiger partial charge in [0.05, 0.1) is 12.2 Å². The number of aliphatic hydroxyl groups is 2. The van der Waals surface area contributed by atoms with E-state index in [1.165, 1.54) is 25.7 Å². The van der Waals surface area contributed by atoms with Gasteiger partial charge in [-0.1, -0.05) is 25.5 Å². The number of rotatable bonds is 0. The molecule has 0 saturated heterocycles. The minimum Gasteiger partial charge on any atom is -0.393 e. The molecular weight excluding hydrogens is 260 g/mol. The van der Waals surface area contributed by atoms with Crippen molar-refractivity contribution in [3.8, 4) is 0 Å². The highest BCUT2D eigenvalue weighted by Crippen LogP contribution is 2.64. The first-order valence-corrected chi connectivity index (χ1v) is 9.01. The highest BCUT2D eigenvalue weighted by atomic mass is 16.3. The summed E-state index contributed by atoms with van der Waals surface area (Å²) in [5.41, 5.74) is 2.05. The molecule has 2 heteroatoms. The van der Waals surface area contributed by atoms with Gasteiger partial charge in [-0.25, -0.2) is 0 Å². The lowest BCUT2D eigenvalue weighted by Gasteiger charge is -2.57. The van der Waals surface area contributed by atoms with Gasteiger partial charge in [-0.2, -0.15) is 0 Å². The van der Waals surface area contributed by atoms with Gasteiger partial charge in [0.15, 0.2) is 0 Å². The lowest BCUT2D eigenvalue weighted by atomic mass is 9.48. The predicted octanol–water partition coefficient (Wildman–Crippen LogP) is 3.67. The van der Waals surface area contributed by atoms with Crippen LogP contribution in [0.4, 0.5) is 0 Å². The van der Waals surface area contributed by atoms with Crippen molar-refractivity contribution in [2.45, 2.75) is 77.4 Å². The Hall–Kier alpha value is -0.340. The molecule has 4 rings (SSSR count). The molecule has 0 bridgehead atoms. The molecule has 4 aliphatic rings. The Labute approximate surface area is 128 Å². The van der Waals surface area contributed by atoms with E-state index in [2.05, 4.69) is 19.9 Å². The average molecular weight is 290 g/mol. The summed E-state index contributed by atoms with van der Waals surface area (Å²) in [6.45, 7) is 4.81. The standard InChI is InChI=1S/C19H30O2/c1-18-9-7-13(20)11-12(18)3-4-14-15-5-6-17(21)19(15,2)10-8-16(14)18/h3,13-17,20-21H,4-11H2,1-2H3/t13-,14?,15?,16?,17-,18?,19-/m0/s1. The second-order valence-electron chi connectivity index (χ2n) is 8.79. The zero-order valence-electron chi connectivity index (χ0n) is 13.5. The van der Waals surface area contributed by atoms with E-state index in [1.807, 2.05) is 0 Å². The van der Waals surface area contributed by atoms with Crippen LogP contribution in [0.25, 0.3) is 0 Å². The van der Waals surface area contributed by atoms with Crippen molar-refractivity contribution < 1.29 is 10.2 Å². The molecule has 0 aromatic carbocycles. The molecule has 7 atom stereocenters. The van der Waals surface area contributed by atoms with Crippen LogP contribution in [-0.2, 0) is 0 Å². The summed E-state index contributed by atoms with van der Waals surface area (Å²) in [4.78, 5) is 0. The van der Waals surface area contributed by atoms with Gasteiger partial charge < -0.3 is 10.2 Å². The maximum Gasteiger partial charge on any atom is 0.0596 e. The molecule has 4 aliphatic carbocycles. The molecule has 118 valence electrons. The first kappa shape index (κ1) is 14.3. The molecule has 3 fully saturated rings. The van der Waals surface area contributed by atoms with Gasteiger partial charge in [0.2, 0.25) is 0 Å². The second-order valence-corrected chi connectivity index (χ2v) is 8.79. The van der Waals surface area contributed by atoms with Gasteiger partial charge >= 0.3 is 0 Å². The van der Waals surface area contributed by atoms with Crippen LogP contribution >= 0.6 is 0 Å². The molecule has 3 saturated carbocycles. The minimum absolute atomic E-state index is 0.0742. The number of hydrogen-bond donors (Lipinski definition) is 2. The van der Waals surface area contributed by atoms with E-state index in [4.69, 9.17) is 0 Å². The second kappa shape index (κ2) is 4.58. The zero-order chi connectivity index (χ0) is 14.8. The van der Waals surface area contributed by atoms with Crippen molar-refractivity contribution in [2.75, 3.05) is 0 Å². The van der Waals surface area contributed by atoms with E-state index in [9.17, 15) is 10.2 Å². The molecule has 2 N–H and O–H groups in total. The maximum atomic E-state index is 10.5. The molecule has 0 aromatic rings. The number of hydrogen-bond acceptors (Lipinski definition) is 2. The van der Waals surface area contributed by atoms with Crippen LogP contribution in [0, 0.1) is 28.6 Å². The van der Waals surface area contributed by atoms with Crippen LogP contribution in [0.3, 0.4) is 0 Å². The van der Waals surface area contributed by atoms with Crippen LogP contribution in [0.15, 0.2) is 11.6 Å². The molecule has 21 heavy (non-hydrogen) atoms. The molecule has 0 heterocycles. The smallest absolute Gasteiger partial charge is 0.0596 e. The topological polar surface area (TPSA) is 40.5 Å². The van der Waals surface area contributed by atoms with Crippen molar-refractivity contribution in [1.82, 2.24) is 0 Å². The molecular formula is C19H30O2. The van der Waals surface area contributed by atoms with Gasteiger partial charge in [-0.05, 0) is 80.0 Å². The average Bonchev–Trinajstić information content (AvgIpc) is 2.76. The van der Waals surface area contributed by atoms with Crippen LogP contribution in [-0.4, -0.2) is 22.4 Å². The third-order valence-corrected chi connectivity index (χ3v) is 8.03. The summed E-state index contributed by atoms with van der Waals surface area (Å²) >= 11 is 0.